The third kappa shape index (κ3) is 5.02. The third-order valence-electron chi connectivity index (χ3n) is 3.93. The van der Waals surface area contributed by atoms with Crippen LogP contribution in [0, 0.1) is 0 Å². The van der Waals surface area contributed by atoms with Crippen molar-refractivity contribution < 1.29 is 28.6 Å². The topological polar surface area (TPSA) is 129 Å². The molecule has 1 aliphatic heterocycles. The number of aliphatic imine (C=N–C) groups is 1. The maximum absolute atomic E-state index is 12.2. The smallest absolute Gasteiger partial charge is 0.363 e. The Labute approximate surface area is 172 Å². The zero-order chi connectivity index (χ0) is 21.7. The summed E-state index contributed by atoms with van der Waals surface area (Å²) >= 11 is 0. The molecule has 0 aromatic heterocycles. The Balaban J connectivity index is 1.81. The van der Waals surface area contributed by atoms with E-state index in [1.54, 1.807) is 48.5 Å². The van der Waals surface area contributed by atoms with Crippen LogP contribution in [0.15, 0.2) is 53.2 Å². The number of nitrogens with one attached hydrogen (secondary N) is 1. The Morgan fingerprint density at radius 2 is 1.90 bits per heavy atom. The molecule has 1 heterocycles. The molecule has 0 aliphatic carbocycles. The number of cyclic esters (lactones) is 1. The first-order chi connectivity index (χ1) is 14.4. The quantitative estimate of drug-likeness (QED) is 0.530. The van der Waals surface area contributed by atoms with Gasteiger partial charge in [0, 0.05) is 18.2 Å². The van der Waals surface area contributed by atoms with Gasteiger partial charge in [-0.15, -0.1) is 0 Å². The zero-order valence-electron chi connectivity index (χ0n) is 16.3. The number of nitrogens with two attached hydrogens (primary N) is 1. The second-order valence-electron chi connectivity index (χ2n) is 6.26. The zero-order valence-corrected chi connectivity index (χ0v) is 16.3. The number of primary amides is 1. The van der Waals surface area contributed by atoms with Gasteiger partial charge in [0.1, 0.15) is 0 Å². The molecule has 3 N–H and O–H groups in total. The second-order valence-corrected chi connectivity index (χ2v) is 6.26. The van der Waals surface area contributed by atoms with E-state index in [2.05, 4.69) is 10.3 Å². The van der Waals surface area contributed by atoms with Crippen LogP contribution in [0.3, 0.4) is 0 Å². The van der Waals surface area contributed by atoms with Gasteiger partial charge in [0.2, 0.25) is 11.8 Å². The van der Waals surface area contributed by atoms with Crippen molar-refractivity contribution in [1.82, 2.24) is 0 Å². The van der Waals surface area contributed by atoms with Crippen LogP contribution in [0.1, 0.15) is 18.1 Å². The van der Waals surface area contributed by atoms with Crippen molar-refractivity contribution in [2.24, 2.45) is 10.7 Å². The average molecular weight is 409 g/mol. The van der Waals surface area contributed by atoms with E-state index >= 15 is 0 Å². The molecule has 0 bridgehead atoms. The minimum atomic E-state index is -0.607. The number of esters is 1. The standard InChI is InChI=1S/C21H19N3O6/c1-12(25)23-15-6-4-14(5-7-15)20-24-16(21(27)30-20)9-13-3-8-17(18(10-13)28-2)29-11-19(22)26/h3-10H,11H2,1-2H3,(H2,22,26)(H,23,25)/b16-9-. The molecule has 30 heavy (non-hydrogen) atoms. The van der Waals surface area contributed by atoms with Crippen molar-refractivity contribution in [2.75, 3.05) is 19.0 Å². The van der Waals surface area contributed by atoms with Gasteiger partial charge in [-0.1, -0.05) is 6.07 Å². The number of hydrogen-bond donors (Lipinski definition) is 2. The summed E-state index contributed by atoms with van der Waals surface area (Å²) < 4.78 is 15.8. The Bertz CT molecular complexity index is 1060. The van der Waals surface area contributed by atoms with Gasteiger partial charge in [0.05, 0.1) is 7.11 Å². The SMILES string of the molecule is COc1cc(/C=C2\N=C(c3ccc(NC(C)=O)cc3)OC2=O)ccc1OCC(N)=O. The van der Waals surface area contributed by atoms with Crippen LogP contribution < -0.4 is 20.5 Å². The lowest BCUT2D eigenvalue weighted by atomic mass is 10.1. The molecular formula is C21H19N3O6. The molecule has 0 saturated carbocycles. The molecule has 2 aromatic rings. The van der Waals surface area contributed by atoms with E-state index in [9.17, 15) is 14.4 Å². The number of nitrogens with zero attached hydrogens (tertiary/aromatic N) is 1. The van der Waals surface area contributed by atoms with Gasteiger partial charge in [-0.05, 0) is 48.0 Å². The molecule has 0 spiro atoms. The number of ether oxygens (including phenoxy) is 3. The highest BCUT2D eigenvalue weighted by atomic mass is 16.6. The van der Waals surface area contributed by atoms with Crippen molar-refractivity contribution in [1.29, 1.82) is 0 Å². The summed E-state index contributed by atoms with van der Waals surface area (Å²) in [5, 5.41) is 2.66. The first-order valence-corrected chi connectivity index (χ1v) is 8.85. The second kappa shape index (κ2) is 8.91. The lowest BCUT2D eigenvalue weighted by Gasteiger charge is -2.09. The van der Waals surface area contributed by atoms with Gasteiger partial charge in [0.15, 0.2) is 23.8 Å². The summed E-state index contributed by atoms with van der Waals surface area (Å²) in [6.07, 6.45) is 1.54. The number of hydrogen-bond acceptors (Lipinski definition) is 7. The summed E-state index contributed by atoms with van der Waals surface area (Å²) in [4.78, 5) is 38.4. The van der Waals surface area contributed by atoms with Crippen LogP contribution in [-0.4, -0.2) is 37.4 Å². The molecule has 1 aliphatic rings. The maximum Gasteiger partial charge on any atom is 0.363 e. The molecule has 9 heteroatoms. The molecule has 154 valence electrons. The fourth-order valence-electron chi connectivity index (χ4n) is 2.63. The molecule has 2 amide bonds. The number of benzene rings is 2. The van der Waals surface area contributed by atoms with Gasteiger partial charge >= 0.3 is 5.97 Å². The van der Waals surface area contributed by atoms with Gasteiger partial charge in [-0.25, -0.2) is 9.79 Å². The number of carbonyl (C=O) groups excluding carboxylic acids is 3. The van der Waals surface area contributed by atoms with Gasteiger partial charge in [-0.2, -0.15) is 0 Å². The molecule has 3 rings (SSSR count). The predicted molar refractivity (Wildman–Crippen MR) is 109 cm³/mol. The largest absolute Gasteiger partial charge is 0.493 e. The molecule has 0 fully saturated rings. The predicted octanol–water partition coefficient (Wildman–Crippen LogP) is 1.86. The van der Waals surface area contributed by atoms with Gasteiger partial charge < -0.3 is 25.3 Å². The molecule has 0 radical (unpaired) electrons. The van der Waals surface area contributed by atoms with Crippen LogP contribution in [-0.2, 0) is 19.1 Å². The fraction of sp³-hybridized carbons (Fsp3) is 0.143. The van der Waals surface area contributed by atoms with Crippen LogP contribution in [0.2, 0.25) is 0 Å². The summed E-state index contributed by atoms with van der Waals surface area (Å²) in [7, 11) is 1.45. The van der Waals surface area contributed by atoms with E-state index in [-0.39, 0.29) is 24.1 Å². The van der Waals surface area contributed by atoms with E-state index in [0.717, 1.165) is 0 Å². The summed E-state index contributed by atoms with van der Waals surface area (Å²) in [6, 6.07) is 11.7. The fourth-order valence-corrected chi connectivity index (χ4v) is 2.63. The van der Waals surface area contributed by atoms with Crippen LogP contribution in [0.25, 0.3) is 6.08 Å². The van der Waals surface area contributed by atoms with Crippen LogP contribution in [0.4, 0.5) is 5.69 Å². The number of anilines is 1. The van der Waals surface area contributed by atoms with E-state index < -0.39 is 11.9 Å². The maximum atomic E-state index is 12.2. The Morgan fingerprint density at radius 3 is 2.53 bits per heavy atom. The minimum absolute atomic E-state index is 0.115. The van der Waals surface area contributed by atoms with E-state index in [0.29, 0.717) is 28.3 Å². The van der Waals surface area contributed by atoms with Crippen molar-refractivity contribution in [3.63, 3.8) is 0 Å². The molecule has 9 nitrogen and oxygen atoms in total. The third-order valence-corrected chi connectivity index (χ3v) is 3.93. The number of carbonyl (C=O) groups is 3. The Hall–Kier alpha value is -4.14. The summed E-state index contributed by atoms with van der Waals surface area (Å²) in [5.74, 6) is -0.508. The molecular weight excluding hydrogens is 390 g/mol. The van der Waals surface area contributed by atoms with Crippen molar-refractivity contribution in [3.8, 4) is 11.5 Å². The van der Waals surface area contributed by atoms with Crippen molar-refractivity contribution >= 4 is 35.4 Å². The summed E-state index contributed by atoms with van der Waals surface area (Å²) in [5.41, 5.74) is 7.03. The molecule has 0 unspecified atom stereocenters. The highest BCUT2D eigenvalue weighted by Gasteiger charge is 2.24. The Kier molecular flexibility index (Phi) is 6.11. The van der Waals surface area contributed by atoms with Crippen LogP contribution >= 0.6 is 0 Å². The van der Waals surface area contributed by atoms with Crippen LogP contribution in [0.5, 0.6) is 11.5 Å². The lowest BCUT2D eigenvalue weighted by molar-refractivity contribution is -0.130. The first-order valence-electron chi connectivity index (χ1n) is 8.85. The van der Waals surface area contributed by atoms with E-state index in [1.807, 2.05) is 0 Å². The van der Waals surface area contributed by atoms with Crippen molar-refractivity contribution in [2.45, 2.75) is 6.92 Å². The number of methoxy groups -OCH3 is 1. The van der Waals surface area contributed by atoms with Gasteiger partial charge in [0.25, 0.3) is 5.91 Å². The van der Waals surface area contributed by atoms with E-state index in [1.165, 1.54) is 14.0 Å². The molecule has 0 saturated heterocycles. The van der Waals surface area contributed by atoms with Gasteiger partial charge in [-0.3, -0.25) is 9.59 Å². The first kappa shape index (κ1) is 20.6. The van der Waals surface area contributed by atoms with Crippen molar-refractivity contribution in [3.05, 3.63) is 59.3 Å². The molecule has 0 atom stereocenters. The lowest BCUT2D eigenvalue weighted by Crippen LogP contribution is -2.20. The normalized spacial score (nSPS) is 14.1. The van der Waals surface area contributed by atoms with E-state index in [4.69, 9.17) is 19.9 Å². The monoisotopic (exact) mass is 409 g/mol. The summed E-state index contributed by atoms with van der Waals surface area (Å²) in [6.45, 7) is 1.14. The molecule has 2 aromatic carbocycles. The highest BCUT2D eigenvalue weighted by molar-refractivity contribution is 6.13. The number of amides is 2. The number of rotatable bonds is 7. The average Bonchev–Trinajstić information content (AvgIpc) is 3.07. The minimum Gasteiger partial charge on any atom is -0.493 e. The highest BCUT2D eigenvalue weighted by Crippen LogP contribution is 2.29. The Morgan fingerprint density at radius 1 is 1.17 bits per heavy atom.